The largest absolute Gasteiger partial charge is 0.476 e. The van der Waals surface area contributed by atoms with Crippen molar-refractivity contribution >= 4 is 20.3 Å². The molecule has 4 atom stereocenters. The molecule has 0 aliphatic carbocycles. The van der Waals surface area contributed by atoms with Gasteiger partial charge in [-0.15, -0.1) is 0 Å². The van der Waals surface area contributed by atoms with E-state index in [0.717, 1.165) is 11.3 Å². The number of amides is 1. The molecule has 1 saturated heterocycles. The van der Waals surface area contributed by atoms with Crippen molar-refractivity contribution in [2.24, 2.45) is 11.5 Å². The maximum atomic E-state index is 12.2. The number of carboxylic acid groups (broad SMARTS) is 1. The summed E-state index contributed by atoms with van der Waals surface area (Å²) in [7, 11) is -1.36. The lowest BCUT2D eigenvalue weighted by Crippen LogP contribution is -2.57. The van der Waals surface area contributed by atoms with Crippen LogP contribution in [0.4, 0.5) is 0 Å². The Kier molecular flexibility index (Phi) is 6.01. The number of rotatable bonds is 7. The summed E-state index contributed by atoms with van der Waals surface area (Å²) >= 11 is 0. The van der Waals surface area contributed by atoms with Crippen molar-refractivity contribution < 1.29 is 24.4 Å². The number of carboxylic acids is 1. The van der Waals surface area contributed by atoms with Crippen LogP contribution >= 0.6 is 8.46 Å². The highest BCUT2D eigenvalue weighted by atomic mass is 31.1. The zero-order valence-corrected chi connectivity index (χ0v) is 12.1. The quantitative estimate of drug-likeness (QED) is 0.342. The Morgan fingerprint density at radius 2 is 2.10 bits per heavy atom. The summed E-state index contributed by atoms with van der Waals surface area (Å²) in [6, 6.07) is -0.873. The van der Waals surface area contributed by atoms with Gasteiger partial charge in [0.05, 0.1) is 6.04 Å². The summed E-state index contributed by atoms with van der Waals surface area (Å²) in [6.45, 7) is 0.524. The van der Waals surface area contributed by atoms with E-state index < -0.39 is 37.8 Å². The van der Waals surface area contributed by atoms with E-state index in [0.29, 0.717) is 19.4 Å². The van der Waals surface area contributed by atoms with Crippen molar-refractivity contribution in [3.8, 4) is 0 Å². The van der Waals surface area contributed by atoms with Gasteiger partial charge in [-0.1, -0.05) is 11.0 Å². The molecule has 0 saturated carbocycles. The van der Waals surface area contributed by atoms with Gasteiger partial charge >= 0.3 is 19.7 Å². The number of nitrogens with two attached hydrogens (primary N) is 2. The van der Waals surface area contributed by atoms with Crippen molar-refractivity contribution in [1.82, 2.24) is 4.90 Å². The van der Waals surface area contributed by atoms with Gasteiger partial charge in [-0.2, -0.15) is 0 Å². The van der Waals surface area contributed by atoms with E-state index in [2.05, 4.69) is 0 Å². The molecule has 20 heavy (non-hydrogen) atoms. The molecule has 114 valence electrons. The predicted octanol–water partition coefficient (Wildman–Crippen LogP) is -1.16. The van der Waals surface area contributed by atoms with Gasteiger partial charge in [0.15, 0.2) is 0 Å². The lowest BCUT2D eigenvalue weighted by molar-refractivity contribution is -0.154. The highest BCUT2D eigenvalue weighted by Crippen LogP contribution is 2.39. The summed E-state index contributed by atoms with van der Waals surface area (Å²) in [4.78, 5) is 24.5. The lowest BCUT2D eigenvalue weighted by atomic mass is 10.1. The Morgan fingerprint density at radius 3 is 2.60 bits per heavy atom. The third kappa shape index (κ3) is 2.98. The van der Waals surface area contributed by atoms with Crippen molar-refractivity contribution in [2.75, 3.05) is 13.1 Å². The van der Waals surface area contributed by atoms with Gasteiger partial charge < -0.3 is 21.7 Å². The summed E-state index contributed by atoms with van der Waals surface area (Å²) in [6.07, 6.45) is 0.468. The number of aliphatic carboxylic acids is 1. The van der Waals surface area contributed by atoms with E-state index in [4.69, 9.17) is 11.5 Å². The number of carbonyl (C=O) groups is 2. The van der Waals surface area contributed by atoms with Crippen LogP contribution in [0.2, 0.25) is 0 Å². The van der Waals surface area contributed by atoms with Crippen molar-refractivity contribution in [1.29, 1.82) is 0 Å². The fraction of sp³-hybridized carbons (Fsp3) is 0.818. The van der Waals surface area contributed by atoms with E-state index in [9.17, 15) is 24.4 Å². The summed E-state index contributed by atoms with van der Waals surface area (Å²) < 4.78 is 11.3. The van der Waals surface area contributed by atoms with E-state index in [1.807, 2.05) is 0 Å². The molecular weight excluding hydrogens is 285 g/mol. The third-order valence-corrected chi connectivity index (χ3v) is 4.70. The minimum atomic E-state index is -2.07. The maximum absolute atomic E-state index is 12.2. The van der Waals surface area contributed by atoms with Crippen LogP contribution in [-0.2, 0) is 14.2 Å². The number of likely N-dealkylation sites (tertiary alicyclic amines) is 1. The molecule has 0 aromatic rings. The predicted molar refractivity (Wildman–Crippen MR) is 72.6 cm³/mol. The van der Waals surface area contributed by atoms with Crippen LogP contribution in [0.1, 0.15) is 25.7 Å². The summed E-state index contributed by atoms with van der Waals surface area (Å²) in [5, 5.41) is 17.0. The average Bonchev–Trinajstić information content (AvgIpc) is 2.75. The zero-order valence-electron chi connectivity index (χ0n) is 11.1. The molecule has 0 radical (unpaired) electrons. The number of carbonyl (C=O) groups excluding carboxylic acids is 1. The second-order valence-corrected chi connectivity index (χ2v) is 5.83. The second-order valence-electron chi connectivity index (χ2n) is 4.86. The molecule has 6 N–H and O–H groups in total. The molecule has 1 heterocycles. The van der Waals surface area contributed by atoms with Crippen LogP contribution in [0, 0.1) is 0 Å². The first-order valence-corrected chi connectivity index (χ1v) is 7.40. The molecule has 8 nitrogen and oxygen atoms in total. The number of hydrogen-bond acceptors (Lipinski definition) is 6. The Bertz CT molecular complexity index is 394. The first kappa shape index (κ1) is 17.0. The monoisotopic (exact) mass is 306 g/mol. The Balaban J connectivity index is 2.85. The molecule has 1 aliphatic heterocycles. The topological polar surface area (TPSA) is 147 Å². The van der Waals surface area contributed by atoms with Gasteiger partial charge in [0.1, 0.15) is 6.10 Å². The standard InChI is InChI=1S/C11H20N3O5P/c12-5-2-1-3-7(13)9(16)14-6-4-8(15)11(14,20-19)10(17)18/h7-8,15H,1-6,12-13H2,(H,17,18)/p+1/t7-,8?,11+/m0/s1. The zero-order chi connectivity index (χ0) is 15.3. The maximum Gasteiger partial charge on any atom is 0.383 e. The molecule has 0 aromatic carbocycles. The van der Waals surface area contributed by atoms with Gasteiger partial charge in [-0.25, -0.2) is 4.79 Å². The molecule has 0 bridgehead atoms. The van der Waals surface area contributed by atoms with E-state index >= 15 is 0 Å². The molecule has 0 spiro atoms. The molecule has 1 fully saturated rings. The van der Waals surface area contributed by atoms with E-state index in [1.54, 1.807) is 0 Å². The Morgan fingerprint density at radius 1 is 1.45 bits per heavy atom. The first-order valence-electron chi connectivity index (χ1n) is 6.49. The van der Waals surface area contributed by atoms with Crippen LogP contribution < -0.4 is 11.5 Å². The Labute approximate surface area is 118 Å². The highest BCUT2D eigenvalue weighted by Gasteiger charge is 2.64. The summed E-state index contributed by atoms with van der Waals surface area (Å²) in [5.41, 5.74) is 11.1. The van der Waals surface area contributed by atoms with Crippen LogP contribution in [0.25, 0.3) is 0 Å². The third-order valence-electron chi connectivity index (χ3n) is 3.57. The molecular formula is C11H21N3O5P+. The van der Waals surface area contributed by atoms with Crippen molar-refractivity contribution in [3.63, 3.8) is 0 Å². The van der Waals surface area contributed by atoms with Crippen LogP contribution in [0.15, 0.2) is 0 Å². The van der Waals surface area contributed by atoms with Gasteiger partial charge in [0.25, 0.3) is 0 Å². The van der Waals surface area contributed by atoms with Crippen molar-refractivity contribution in [3.05, 3.63) is 0 Å². The fourth-order valence-corrected chi connectivity index (χ4v) is 3.06. The van der Waals surface area contributed by atoms with Crippen LogP contribution in [0.5, 0.6) is 0 Å². The molecule has 1 rings (SSSR count). The van der Waals surface area contributed by atoms with Gasteiger partial charge in [-0.05, 0) is 25.8 Å². The number of hydrogen-bond donors (Lipinski definition) is 4. The minimum Gasteiger partial charge on any atom is -0.476 e. The highest BCUT2D eigenvalue weighted by molar-refractivity contribution is 7.28. The smallest absolute Gasteiger partial charge is 0.383 e. The van der Waals surface area contributed by atoms with Crippen molar-refractivity contribution in [2.45, 2.75) is 43.1 Å². The normalized spacial score (nSPS) is 27.8. The summed E-state index contributed by atoms with van der Waals surface area (Å²) in [5.74, 6) is -2.07. The van der Waals surface area contributed by atoms with Gasteiger partial charge in [0, 0.05) is 6.54 Å². The molecule has 9 heteroatoms. The molecule has 1 amide bonds. The Hall–Kier alpha value is -1.08. The molecule has 1 aliphatic rings. The van der Waals surface area contributed by atoms with Gasteiger partial charge in [0.2, 0.25) is 5.91 Å². The number of aliphatic hydroxyl groups is 1. The number of aliphatic hydroxyl groups excluding tert-OH is 1. The van der Waals surface area contributed by atoms with Crippen LogP contribution in [-0.4, -0.2) is 57.5 Å². The number of nitrogens with zero attached hydrogens (tertiary/aromatic N) is 1. The number of unbranched alkanes of at least 4 members (excludes halogenated alkanes) is 1. The van der Waals surface area contributed by atoms with Gasteiger partial charge in [-0.3, -0.25) is 9.69 Å². The molecule has 0 aromatic heterocycles. The fourth-order valence-electron chi connectivity index (χ4n) is 2.36. The van der Waals surface area contributed by atoms with E-state index in [-0.39, 0.29) is 13.0 Å². The molecule has 2 unspecified atom stereocenters. The lowest BCUT2D eigenvalue weighted by Gasteiger charge is -2.27. The minimum absolute atomic E-state index is 0.0339. The first-order chi connectivity index (χ1) is 9.41. The van der Waals surface area contributed by atoms with E-state index in [1.165, 1.54) is 0 Å². The average molecular weight is 306 g/mol. The SMILES string of the molecule is NCCCC[C@H](N)C(=O)N1CCC(O)[C@@]1([PH+]=O)C(=O)O. The van der Waals surface area contributed by atoms with Crippen LogP contribution in [0.3, 0.4) is 0 Å². The second kappa shape index (κ2) is 7.08.